The first-order valence-electron chi connectivity index (χ1n) is 9.28. The molecule has 3 aromatic rings. The minimum Gasteiger partial charge on any atom is -0.377 e. The van der Waals surface area contributed by atoms with E-state index in [-0.39, 0.29) is 11.2 Å². The molecule has 28 heavy (non-hydrogen) atoms. The van der Waals surface area contributed by atoms with Gasteiger partial charge in [0.25, 0.3) is 0 Å². The topological polar surface area (TPSA) is 69.2 Å². The molecule has 1 aliphatic heterocycles. The van der Waals surface area contributed by atoms with E-state index >= 15 is 0 Å². The lowest BCUT2D eigenvalue weighted by Gasteiger charge is -2.28. The predicted molar refractivity (Wildman–Crippen MR) is 100 cm³/mol. The van der Waals surface area contributed by atoms with Crippen LogP contribution in [0, 0.1) is 11.2 Å². The number of aromatic nitrogens is 4. The van der Waals surface area contributed by atoms with Crippen molar-refractivity contribution in [2.75, 3.05) is 13.7 Å². The zero-order chi connectivity index (χ0) is 19.7. The third kappa shape index (κ3) is 3.98. The summed E-state index contributed by atoms with van der Waals surface area (Å²) in [5.41, 5.74) is 3.21. The number of hydrogen-bond acceptors (Lipinski definition) is 6. The van der Waals surface area contributed by atoms with E-state index in [0.717, 1.165) is 36.5 Å². The highest BCUT2D eigenvalue weighted by molar-refractivity contribution is 5.36. The van der Waals surface area contributed by atoms with Gasteiger partial charge in [0.2, 0.25) is 5.89 Å². The molecule has 0 radical (unpaired) electrons. The SMILES string of the molecule is COCc1noc(CN2Cc3cnn(-c4ccc(F)cc4)c3CC(C)(C)C2)n1. The maximum absolute atomic E-state index is 13.3. The van der Waals surface area contributed by atoms with Crippen molar-refractivity contribution >= 4 is 0 Å². The highest BCUT2D eigenvalue weighted by Gasteiger charge is 2.31. The lowest BCUT2D eigenvalue weighted by atomic mass is 9.87. The molecule has 0 fully saturated rings. The van der Waals surface area contributed by atoms with Crippen molar-refractivity contribution < 1.29 is 13.7 Å². The largest absolute Gasteiger partial charge is 0.377 e. The van der Waals surface area contributed by atoms with Crippen molar-refractivity contribution in [2.24, 2.45) is 5.41 Å². The monoisotopic (exact) mass is 385 g/mol. The summed E-state index contributed by atoms with van der Waals surface area (Å²) in [5, 5.41) is 8.52. The predicted octanol–water partition coefficient (Wildman–Crippen LogP) is 3.13. The highest BCUT2D eigenvalue weighted by atomic mass is 19.1. The van der Waals surface area contributed by atoms with Crippen LogP contribution in [-0.4, -0.2) is 38.5 Å². The van der Waals surface area contributed by atoms with Gasteiger partial charge in [0, 0.05) is 31.5 Å². The number of fused-ring (bicyclic) bond motifs is 1. The molecule has 0 N–H and O–H groups in total. The van der Waals surface area contributed by atoms with Crippen LogP contribution in [0.2, 0.25) is 0 Å². The number of ether oxygens (including phenoxy) is 1. The molecule has 7 nitrogen and oxygen atoms in total. The summed E-state index contributed by atoms with van der Waals surface area (Å²) in [4.78, 5) is 6.69. The maximum Gasteiger partial charge on any atom is 0.240 e. The van der Waals surface area contributed by atoms with E-state index in [1.54, 1.807) is 19.2 Å². The van der Waals surface area contributed by atoms with Gasteiger partial charge in [0.05, 0.1) is 18.4 Å². The zero-order valence-corrected chi connectivity index (χ0v) is 16.4. The van der Waals surface area contributed by atoms with Gasteiger partial charge in [0.15, 0.2) is 5.82 Å². The summed E-state index contributed by atoms with van der Waals surface area (Å²) < 4.78 is 25.6. The molecule has 0 unspecified atom stereocenters. The standard InChI is InChI=1S/C20H24FN5O2/c1-20(2)8-17-14(9-22-26(17)16-6-4-15(21)5-7-16)10-25(13-20)11-19-23-18(12-27-3)24-28-19/h4-7,9H,8,10-13H2,1-3H3. The fourth-order valence-electron chi connectivity index (χ4n) is 3.79. The molecule has 2 aromatic heterocycles. The van der Waals surface area contributed by atoms with E-state index in [4.69, 9.17) is 9.26 Å². The Kier molecular flexibility index (Phi) is 4.99. The Labute approximate surface area is 163 Å². The van der Waals surface area contributed by atoms with Crippen molar-refractivity contribution in [3.63, 3.8) is 0 Å². The molecule has 8 heteroatoms. The van der Waals surface area contributed by atoms with Crippen LogP contribution in [0.15, 0.2) is 35.0 Å². The van der Waals surface area contributed by atoms with Crippen LogP contribution in [0.4, 0.5) is 4.39 Å². The molecule has 0 saturated carbocycles. The molecule has 148 valence electrons. The van der Waals surface area contributed by atoms with Gasteiger partial charge in [-0.25, -0.2) is 9.07 Å². The zero-order valence-electron chi connectivity index (χ0n) is 16.4. The van der Waals surface area contributed by atoms with Crippen molar-refractivity contribution in [2.45, 2.75) is 40.0 Å². The minimum atomic E-state index is -0.249. The van der Waals surface area contributed by atoms with Crippen LogP contribution in [-0.2, 0) is 30.9 Å². The molecule has 1 aliphatic rings. The Morgan fingerprint density at radius 2 is 2.04 bits per heavy atom. The van der Waals surface area contributed by atoms with Gasteiger partial charge in [-0.05, 0) is 36.1 Å². The van der Waals surface area contributed by atoms with Crippen LogP contribution in [0.3, 0.4) is 0 Å². The summed E-state index contributed by atoms with van der Waals surface area (Å²) >= 11 is 0. The average molecular weight is 385 g/mol. The second-order valence-electron chi connectivity index (χ2n) is 8.03. The smallest absolute Gasteiger partial charge is 0.240 e. The first-order valence-corrected chi connectivity index (χ1v) is 9.28. The molecular formula is C20H24FN5O2. The maximum atomic E-state index is 13.3. The molecule has 0 spiro atoms. The number of halogens is 1. The van der Waals surface area contributed by atoms with Crippen molar-refractivity contribution in [3.05, 3.63) is 59.3 Å². The lowest BCUT2D eigenvalue weighted by Crippen LogP contribution is -2.32. The normalized spacial score (nSPS) is 16.7. The van der Waals surface area contributed by atoms with Crippen LogP contribution < -0.4 is 0 Å². The van der Waals surface area contributed by atoms with Gasteiger partial charge in [-0.1, -0.05) is 19.0 Å². The Morgan fingerprint density at radius 1 is 1.25 bits per heavy atom. The summed E-state index contributed by atoms with van der Waals surface area (Å²) in [6.45, 7) is 7.00. The first-order chi connectivity index (χ1) is 13.4. The molecular weight excluding hydrogens is 361 g/mol. The second-order valence-corrected chi connectivity index (χ2v) is 8.03. The number of nitrogens with zero attached hydrogens (tertiary/aromatic N) is 5. The van der Waals surface area contributed by atoms with Gasteiger partial charge in [-0.3, -0.25) is 4.90 Å². The molecule has 3 heterocycles. The Bertz CT molecular complexity index is 948. The van der Waals surface area contributed by atoms with E-state index in [0.29, 0.717) is 24.9 Å². The summed E-state index contributed by atoms with van der Waals surface area (Å²) in [6.07, 6.45) is 2.77. The minimum absolute atomic E-state index is 0.0262. The van der Waals surface area contributed by atoms with E-state index in [2.05, 4.69) is 34.0 Å². The van der Waals surface area contributed by atoms with Crippen LogP contribution in [0.25, 0.3) is 5.69 Å². The van der Waals surface area contributed by atoms with Gasteiger partial charge >= 0.3 is 0 Å². The molecule has 0 saturated heterocycles. The Balaban J connectivity index is 1.60. The molecule has 1 aromatic carbocycles. The molecule has 0 aliphatic carbocycles. The average Bonchev–Trinajstić information content (AvgIpc) is 3.20. The van der Waals surface area contributed by atoms with E-state index in [1.807, 2.05) is 10.9 Å². The Hall–Kier alpha value is -2.58. The van der Waals surface area contributed by atoms with Crippen molar-refractivity contribution in [3.8, 4) is 5.69 Å². The van der Waals surface area contributed by atoms with E-state index in [9.17, 15) is 4.39 Å². The van der Waals surface area contributed by atoms with Crippen molar-refractivity contribution in [1.82, 2.24) is 24.8 Å². The fourth-order valence-corrected chi connectivity index (χ4v) is 3.79. The number of benzene rings is 1. The fraction of sp³-hybridized carbons (Fsp3) is 0.450. The highest BCUT2D eigenvalue weighted by Crippen LogP contribution is 2.32. The third-order valence-corrected chi connectivity index (χ3v) is 4.86. The number of rotatable bonds is 5. The van der Waals surface area contributed by atoms with Crippen LogP contribution >= 0.6 is 0 Å². The Morgan fingerprint density at radius 3 is 2.79 bits per heavy atom. The lowest BCUT2D eigenvalue weighted by molar-refractivity contribution is 0.155. The van der Waals surface area contributed by atoms with Gasteiger partial charge in [-0.15, -0.1) is 0 Å². The first kappa shape index (κ1) is 18.8. The van der Waals surface area contributed by atoms with Gasteiger partial charge < -0.3 is 9.26 Å². The number of methoxy groups -OCH3 is 1. The van der Waals surface area contributed by atoms with Gasteiger partial charge in [-0.2, -0.15) is 10.1 Å². The van der Waals surface area contributed by atoms with Gasteiger partial charge in [0.1, 0.15) is 12.4 Å². The quantitative estimate of drug-likeness (QED) is 0.672. The number of hydrogen-bond donors (Lipinski definition) is 0. The van der Waals surface area contributed by atoms with E-state index < -0.39 is 0 Å². The summed E-state index contributed by atoms with van der Waals surface area (Å²) in [6, 6.07) is 6.44. The van der Waals surface area contributed by atoms with Crippen molar-refractivity contribution in [1.29, 1.82) is 0 Å². The van der Waals surface area contributed by atoms with Crippen LogP contribution in [0.5, 0.6) is 0 Å². The van der Waals surface area contributed by atoms with Crippen LogP contribution in [0.1, 0.15) is 36.8 Å². The molecule has 0 atom stereocenters. The van der Waals surface area contributed by atoms with E-state index in [1.165, 1.54) is 12.1 Å². The summed E-state index contributed by atoms with van der Waals surface area (Å²) in [5.74, 6) is 0.884. The molecule has 0 amide bonds. The third-order valence-electron chi connectivity index (χ3n) is 4.86. The second kappa shape index (κ2) is 7.44. The molecule has 4 rings (SSSR count). The summed E-state index contributed by atoms with van der Waals surface area (Å²) in [7, 11) is 1.60. The molecule has 0 bridgehead atoms.